The van der Waals surface area contributed by atoms with E-state index in [9.17, 15) is 0 Å². The summed E-state index contributed by atoms with van der Waals surface area (Å²) in [5.74, 6) is 1.05. The number of rotatable bonds is 6. The van der Waals surface area contributed by atoms with Crippen LogP contribution in [0.1, 0.15) is 32.9 Å². The first-order chi connectivity index (χ1) is 10.1. The molecule has 0 atom stereocenters. The number of hydrogen-bond donors (Lipinski definition) is 1. The fourth-order valence-corrected chi connectivity index (χ4v) is 2.80. The number of piperazine rings is 1. The Hall–Kier alpha value is -0.840. The summed E-state index contributed by atoms with van der Waals surface area (Å²) in [7, 11) is 0. The second-order valence-corrected chi connectivity index (χ2v) is 6.30. The molecule has 1 aromatic heterocycles. The summed E-state index contributed by atoms with van der Waals surface area (Å²) in [6.07, 6.45) is 1.12. The Morgan fingerprint density at radius 3 is 2.57 bits per heavy atom. The van der Waals surface area contributed by atoms with Gasteiger partial charge in [-0.05, 0) is 38.9 Å². The van der Waals surface area contributed by atoms with Crippen molar-refractivity contribution >= 4 is 17.4 Å². The summed E-state index contributed by atoms with van der Waals surface area (Å²) in [6, 6.07) is 4.64. The lowest BCUT2D eigenvalue weighted by atomic mass is 10.2. The highest BCUT2D eigenvalue weighted by molar-refractivity contribution is 6.31. The molecule has 0 amide bonds. The highest BCUT2D eigenvalue weighted by atomic mass is 35.5. The summed E-state index contributed by atoms with van der Waals surface area (Å²) < 4.78 is 0. The summed E-state index contributed by atoms with van der Waals surface area (Å²) in [5, 5.41) is 4.12. The van der Waals surface area contributed by atoms with E-state index in [0.717, 1.165) is 62.2 Å². The lowest BCUT2D eigenvalue weighted by Crippen LogP contribution is -2.49. The molecule has 21 heavy (non-hydrogen) atoms. The van der Waals surface area contributed by atoms with Crippen molar-refractivity contribution in [3.05, 3.63) is 22.8 Å². The molecule has 1 aromatic rings. The fourth-order valence-electron chi connectivity index (χ4n) is 2.62. The van der Waals surface area contributed by atoms with Gasteiger partial charge >= 0.3 is 0 Å². The van der Waals surface area contributed by atoms with Gasteiger partial charge in [0.1, 0.15) is 5.82 Å². The van der Waals surface area contributed by atoms with E-state index in [1.807, 2.05) is 12.1 Å². The number of pyridine rings is 1. The number of halogens is 1. The van der Waals surface area contributed by atoms with Crippen LogP contribution in [-0.2, 0) is 6.54 Å². The predicted molar refractivity (Wildman–Crippen MR) is 90.2 cm³/mol. The summed E-state index contributed by atoms with van der Waals surface area (Å²) in [6.45, 7) is 12.7. The maximum absolute atomic E-state index is 6.25. The van der Waals surface area contributed by atoms with E-state index in [-0.39, 0.29) is 0 Å². The number of anilines is 1. The van der Waals surface area contributed by atoms with E-state index in [1.165, 1.54) is 0 Å². The highest BCUT2D eigenvalue weighted by Crippen LogP contribution is 2.20. The van der Waals surface area contributed by atoms with Crippen LogP contribution in [0.2, 0.25) is 5.02 Å². The van der Waals surface area contributed by atoms with Crippen molar-refractivity contribution in [1.29, 1.82) is 0 Å². The van der Waals surface area contributed by atoms with Crippen LogP contribution in [0.3, 0.4) is 0 Å². The van der Waals surface area contributed by atoms with Gasteiger partial charge in [-0.25, -0.2) is 4.98 Å². The van der Waals surface area contributed by atoms with Crippen LogP contribution in [0.5, 0.6) is 0 Å². The van der Waals surface area contributed by atoms with E-state index in [1.54, 1.807) is 0 Å². The van der Waals surface area contributed by atoms with E-state index in [2.05, 4.69) is 35.9 Å². The predicted octanol–water partition coefficient (Wildman–Crippen LogP) is 2.77. The third-order valence-electron chi connectivity index (χ3n) is 3.99. The summed E-state index contributed by atoms with van der Waals surface area (Å²) in [4.78, 5) is 9.62. The monoisotopic (exact) mass is 310 g/mol. The van der Waals surface area contributed by atoms with Gasteiger partial charge < -0.3 is 10.2 Å². The standard InChI is InChI=1S/C16H27ClN4/c1-4-7-18-12-15-14(17)5-6-16(19-15)21-10-8-20(9-11-21)13(2)3/h5-6,13,18H,4,7-12H2,1-3H3. The topological polar surface area (TPSA) is 31.4 Å². The Balaban J connectivity index is 1.99. The van der Waals surface area contributed by atoms with Gasteiger partial charge in [-0.2, -0.15) is 0 Å². The zero-order chi connectivity index (χ0) is 15.2. The van der Waals surface area contributed by atoms with Crippen LogP contribution >= 0.6 is 11.6 Å². The molecular formula is C16H27ClN4. The van der Waals surface area contributed by atoms with E-state index >= 15 is 0 Å². The van der Waals surface area contributed by atoms with Crippen LogP contribution in [0.4, 0.5) is 5.82 Å². The van der Waals surface area contributed by atoms with Crippen LogP contribution in [0, 0.1) is 0 Å². The molecule has 4 nitrogen and oxygen atoms in total. The normalized spacial score (nSPS) is 16.7. The number of nitrogens with zero attached hydrogens (tertiary/aromatic N) is 3. The first kappa shape index (κ1) is 16.5. The number of aromatic nitrogens is 1. The molecule has 0 saturated carbocycles. The summed E-state index contributed by atoms with van der Waals surface area (Å²) >= 11 is 6.25. The third-order valence-corrected chi connectivity index (χ3v) is 4.34. The Morgan fingerprint density at radius 2 is 1.95 bits per heavy atom. The van der Waals surface area contributed by atoms with Gasteiger partial charge in [-0.1, -0.05) is 18.5 Å². The molecule has 1 saturated heterocycles. The quantitative estimate of drug-likeness (QED) is 0.819. The Kier molecular flexibility index (Phi) is 6.27. The van der Waals surface area contributed by atoms with Gasteiger partial charge in [0.25, 0.3) is 0 Å². The second-order valence-electron chi connectivity index (χ2n) is 5.89. The summed E-state index contributed by atoms with van der Waals surface area (Å²) in [5.41, 5.74) is 0.953. The minimum Gasteiger partial charge on any atom is -0.354 e. The number of nitrogens with one attached hydrogen (secondary N) is 1. The van der Waals surface area contributed by atoms with E-state index < -0.39 is 0 Å². The average molecular weight is 311 g/mol. The SMILES string of the molecule is CCCNCc1nc(N2CCN(C(C)C)CC2)ccc1Cl. The highest BCUT2D eigenvalue weighted by Gasteiger charge is 2.20. The number of hydrogen-bond acceptors (Lipinski definition) is 4. The third kappa shape index (κ3) is 4.56. The molecule has 0 aliphatic carbocycles. The van der Waals surface area contributed by atoms with Crippen molar-refractivity contribution in [2.24, 2.45) is 0 Å². The van der Waals surface area contributed by atoms with Crippen molar-refractivity contribution in [3.63, 3.8) is 0 Å². The molecule has 1 aliphatic heterocycles. The van der Waals surface area contributed by atoms with Crippen LogP contribution < -0.4 is 10.2 Å². The Morgan fingerprint density at radius 1 is 1.24 bits per heavy atom. The first-order valence-corrected chi connectivity index (χ1v) is 8.34. The van der Waals surface area contributed by atoms with Crippen LogP contribution in [0.25, 0.3) is 0 Å². The van der Waals surface area contributed by atoms with Crippen LogP contribution in [-0.4, -0.2) is 48.6 Å². The molecule has 118 valence electrons. The van der Waals surface area contributed by atoms with Crippen molar-refractivity contribution in [3.8, 4) is 0 Å². The zero-order valence-electron chi connectivity index (χ0n) is 13.4. The maximum Gasteiger partial charge on any atom is 0.129 e. The van der Waals surface area contributed by atoms with E-state index in [4.69, 9.17) is 16.6 Å². The van der Waals surface area contributed by atoms with Crippen molar-refractivity contribution in [2.75, 3.05) is 37.6 Å². The van der Waals surface area contributed by atoms with Gasteiger partial charge in [0.2, 0.25) is 0 Å². The lowest BCUT2D eigenvalue weighted by Gasteiger charge is -2.37. The van der Waals surface area contributed by atoms with Gasteiger partial charge in [-0.3, -0.25) is 4.90 Å². The molecule has 1 N–H and O–H groups in total. The van der Waals surface area contributed by atoms with Gasteiger partial charge in [0.15, 0.2) is 0 Å². The van der Waals surface area contributed by atoms with Gasteiger partial charge in [0, 0.05) is 38.8 Å². The Labute approximate surface area is 133 Å². The molecule has 0 aromatic carbocycles. The minimum atomic E-state index is 0.624. The molecule has 5 heteroatoms. The van der Waals surface area contributed by atoms with Crippen molar-refractivity contribution in [2.45, 2.75) is 39.8 Å². The largest absolute Gasteiger partial charge is 0.354 e. The molecule has 2 rings (SSSR count). The maximum atomic E-state index is 6.25. The smallest absolute Gasteiger partial charge is 0.129 e. The van der Waals surface area contributed by atoms with E-state index in [0.29, 0.717) is 6.04 Å². The van der Waals surface area contributed by atoms with Gasteiger partial charge in [-0.15, -0.1) is 0 Å². The molecule has 0 bridgehead atoms. The molecule has 1 aliphatic rings. The second kappa shape index (κ2) is 7.97. The van der Waals surface area contributed by atoms with Crippen molar-refractivity contribution in [1.82, 2.24) is 15.2 Å². The minimum absolute atomic E-state index is 0.624. The molecule has 1 fully saturated rings. The molecule has 0 radical (unpaired) electrons. The average Bonchev–Trinajstić information content (AvgIpc) is 2.49. The molecular weight excluding hydrogens is 284 g/mol. The first-order valence-electron chi connectivity index (χ1n) is 7.97. The molecule has 2 heterocycles. The fraction of sp³-hybridized carbons (Fsp3) is 0.688. The molecule has 0 spiro atoms. The zero-order valence-corrected chi connectivity index (χ0v) is 14.2. The van der Waals surface area contributed by atoms with Crippen LogP contribution in [0.15, 0.2) is 12.1 Å². The molecule has 0 unspecified atom stereocenters. The van der Waals surface area contributed by atoms with Crippen molar-refractivity contribution < 1.29 is 0 Å². The van der Waals surface area contributed by atoms with Gasteiger partial charge in [0.05, 0.1) is 10.7 Å². The Bertz CT molecular complexity index is 442. The lowest BCUT2D eigenvalue weighted by molar-refractivity contribution is 0.209.